The van der Waals surface area contributed by atoms with E-state index in [1.54, 1.807) is 0 Å². The van der Waals surface area contributed by atoms with Crippen molar-refractivity contribution in [1.29, 1.82) is 0 Å². The van der Waals surface area contributed by atoms with Gasteiger partial charge in [-0.15, -0.1) is 0 Å². The molecule has 0 spiro atoms. The summed E-state index contributed by atoms with van der Waals surface area (Å²) in [5, 5.41) is 10.5. The number of rotatable bonds is 0. The van der Waals surface area contributed by atoms with Crippen LogP contribution in [0.1, 0.15) is 19.3 Å². The molecule has 0 amide bonds. The third kappa shape index (κ3) is 1.07. The molecule has 1 unspecified atom stereocenters. The molecule has 2 radical (unpaired) electrons. The molecule has 0 saturated heterocycles. The molecule has 0 aromatic rings. The molecule has 8 heavy (non-hydrogen) atoms. The van der Waals surface area contributed by atoms with Gasteiger partial charge in [0.1, 0.15) is 0 Å². The van der Waals surface area contributed by atoms with Crippen LogP contribution in [0, 0.1) is 6.42 Å². The second kappa shape index (κ2) is 2.27. The first-order valence-corrected chi connectivity index (χ1v) is 2.81. The van der Waals surface area contributed by atoms with Crippen LogP contribution in [-0.4, -0.2) is 11.9 Å². The Morgan fingerprint density at radius 1 is 1.62 bits per heavy atom. The minimum atomic E-state index is -0.917. The highest BCUT2D eigenvalue weighted by Crippen LogP contribution is 2.12. The Balaban J connectivity index is 2.39. The second-order valence-electron chi connectivity index (χ2n) is 2.03. The fourth-order valence-corrected chi connectivity index (χ4v) is 0.806. The van der Waals surface area contributed by atoms with E-state index in [1.165, 1.54) is 0 Å². The van der Waals surface area contributed by atoms with Gasteiger partial charge in [-0.1, -0.05) is 0 Å². The maximum absolute atomic E-state index is 10.5. The zero-order chi connectivity index (χ0) is 5.98. The van der Waals surface area contributed by atoms with Crippen molar-refractivity contribution >= 4 is 5.78 Å². The minimum absolute atomic E-state index is 0.142. The van der Waals surface area contributed by atoms with E-state index < -0.39 is 6.10 Å². The molecule has 0 N–H and O–H groups in total. The van der Waals surface area contributed by atoms with Gasteiger partial charge in [0.2, 0.25) is 0 Å². The normalized spacial score (nSPS) is 30.6. The number of ketones is 1. The summed E-state index contributed by atoms with van der Waals surface area (Å²) in [5.41, 5.74) is 0. The van der Waals surface area contributed by atoms with Crippen molar-refractivity contribution in [2.45, 2.75) is 25.4 Å². The number of Topliss-reactive ketones (excluding diaryl/α,β-unsaturated/α-hetero) is 1. The van der Waals surface area contributed by atoms with E-state index in [0.717, 1.165) is 6.42 Å². The van der Waals surface area contributed by atoms with E-state index in [0.29, 0.717) is 12.8 Å². The summed E-state index contributed by atoms with van der Waals surface area (Å²) in [6.07, 6.45) is 2.68. The third-order valence-electron chi connectivity index (χ3n) is 1.34. The van der Waals surface area contributed by atoms with Gasteiger partial charge < -0.3 is 0 Å². The van der Waals surface area contributed by atoms with Crippen molar-refractivity contribution in [3.63, 3.8) is 0 Å². The lowest BCUT2D eigenvalue weighted by Crippen LogP contribution is -2.22. The highest BCUT2D eigenvalue weighted by Gasteiger charge is 2.20. The van der Waals surface area contributed by atoms with Crippen molar-refractivity contribution in [2.75, 3.05) is 0 Å². The Kier molecular flexibility index (Phi) is 1.63. The van der Waals surface area contributed by atoms with E-state index in [-0.39, 0.29) is 5.78 Å². The fourth-order valence-electron chi connectivity index (χ4n) is 0.806. The smallest absolute Gasteiger partial charge is 0.165 e. The van der Waals surface area contributed by atoms with E-state index >= 15 is 0 Å². The van der Waals surface area contributed by atoms with Crippen LogP contribution < -0.4 is 0 Å². The lowest BCUT2D eigenvalue weighted by Gasteiger charge is -2.11. The number of hydrogen-bond acceptors (Lipinski definition) is 1. The monoisotopic (exact) mass is 112 g/mol. The molecule has 1 aliphatic carbocycles. The zero-order valence-corrected chi connectivity index (χ0v) is 4.59. The van der Waals surface area contributed by atoms with Gasteiger partial charge in [-0.2, -0.15) is 0 Å². The van der Waals surface area contributed by atoms with Gasteiger partial charge in [0, 0.05) is 6.42 Å². The molecular weight excluding hydrogens is 104 g/mol. The third-order valence-corrected chi connectivity index (χ3v) is 1.34. The molecule has 1 aliphatic rings. The van der Waals surface area contributed by atoms with Gasteiger partial charge in [0.15, 0.2) is 11.9 Å². The number of carbonyl (C=O) groups excluding carboxylic acids is 1. The molecule has 0 heterocycles. The number of carbonyl (C=O) groups is 1. The van der Waals surface area contributed by atoms with Crippen LogP contribution in [0.2, 0.25) is 0 Å². The molecule has 2 nitrogen and oxygen atoms in total. The van der Waals surface area contributed by atoms with E-state index in [2.05, 4.69) is 0 Å². The van der Waals surface area contributed by atoms with E-state index in [4.69, 9.17) is 0 Å². The topological polar surface area (TPSA) is 37.0 Å². The second-order valence-corrected chi connectivity index (χ2v) is 2.03. The van der Waals surface area contributed by atoms with Crippen LogP contribution in [0.25, 0.3) is 0 Å². The predicted molar refractivity (Wildman–Crippen MR) is 27.6 cm³/mol. The molecule has 0 aromatic carbocycles. The highest BCUT2D eigenvalue weighted by atomic mass is 16.3. The molecule has 1 rings (SSSR count). The molecule has 0 aromatic heterocycles. The van der Waals surface area contributed by atoms with Crippen LogP contribution >= 0.6 is 0 Å². The summed E-state index contributed by atoms with van der Waals surface area (Å²) >= 11 is 0. The average Bonchev–Trinajstić information content (AvgIpc) is 1.77. The van der Waals surface area contributed by atoms with Crippen LogP contribution in [0.15, 0.2) is 0 Å². The summed E-state index contributed by atoms with van der Waals surface area (Å²) in [7, 11) is 0. The van der Waals surface area contributed by atoms with Crippen LogP contribution in [0.3, 0.4) is 0 Å². The first kappa shape index (κ1) is 5.76. The molecule has 1 atom stereocenters. The molecule has 1 saturated carbocycles. The fraction of sp³-hybridized carbons (Fsp3) is 0.667. The standard InChI is InChI=1S/C6H8O2/c7-5-3-1-2-4-6(5)8/h1,6H,2-4H2. The predicted octanol–water partition coefficient (Wildman–Crippen LogP) is 0.743. The molecular formula is C6H8O2. The van der Waals surface area contributed by atoms with Gasteiger partial charge in [-0.05, 0) is 19.3 Å². The molecule has 44 valence electrons. The van der Waals surface area contributed by atoms with Crippen molar-refractivity contribution in [1.82, 2.24) is 0 Å². The van der Waals surface area contributed by atoms with Crippen molar-refractivity contribution in [2.24, 2.45) is 0 Å². The zero-order valence-electron chi connectivity index (χ0n) is 4.59. The lowest BCUT2D eigenvalue weighted by atomic mass is 9.97. The Labute approximate surface area is 48.5 Å². The maximum atomic E-state index is 10.5. The van der Waals surface area contributed by atoms with Crippen molar-refractivity contribution < 1.29 is 9.90 Å². The highest BCUT2D eigenvalue weighted by molar-refractivity contribution is 5.84. The van der Waals surface area contributed by atoms with Gasteiger partial charge in [0.25, 0.3) is 0 Å². The van der Waals surface area contributed by atoms with Crippen LogP contribution in [-0.2, 0) is 9.90 Å². The SMILES string of the molecule is [O]C1CC[CH]CC1=O. The minimum Gasteiger partial charge on any atom is -0.297 e. The molecule has 2 heteroatoms. The first-order chi connectivity index (χ1) is 3.80. The summed E-state index contributed by atoms with van der Waals surface area (Å²) in [4.78, 5) is 10.5. The van der Waals surface area contributed by atoms with Gasteiger partial charge in [0.05, 0.1) is 0 Å². The molecule has 0 bridgehead atoms. The summed E-state index contributed by atoms with van der Waals surface area (Å²) in [6.45, 7) is 0. The summed E-state index contributed by atoms with van der Waals surface area (Å²) in [6, 6.07) is 0. The first-order valence-electron chi connectivity index (χ1n) is 2.81. The Morgan fingerprint density at radius 3 is 2.75 bits per heavy atom. The van der Waals surface area contributed by atoms with Crippen molar-refractivity contribution in [3.05, 3.63) is 6.42 Å². The van der Waals surface area contributed by atoms with Crippen LogP contribution in [0.4, 0.5) is 0 Å². The number of hydrogen-bond donors (Lipinski definition) is 0. The molecule has 1 fully saturated rings. The summed E-state index contributed by atoms with van der Waals surface area (Å²) in [5.74, 6) is -0.142. The summed E-state index contributed by atoms with van der Waals surface area (Å²) < 4.78 is 0. The van der Waals surface area contributed by atoms with Gasteiger partial charge >= 0.3 is 0 Å². The molecule has 0 aliphatic heterocycles. The van der Waals surface area contributed by atoms with Crippen molar-refractivity contribution in [3.8, 4) is 0 Å². The van der Waals surface area contributed by atoms with E-state index in [1.807, 2.05) is 6.42 Å². The van der Waals surface area contributed by atoms with Gasteiger partial charge in [-0.25, -0.2) is 5.11 Å². The Morgan fingerprint density at radius 2 is 2.38 bits per heavy atom. The van der Waals surface area contributed by atoms with Crippen LogP contribution in [0.5, 0.6) is 0 Å². The van der Waals surface area contributed by atoms with Gasteiger partial charge in [-0.3, -0.25) is 4.79 Å². The quantitative estimate of drug-likeness (QED) is 0.455. The Hall–Kier alpha value is -0.370. The average molecular weight is 112 g/mol. The van der Waals surface area contributed by atoms with E-state index in [9.17, 15) is 9.90 Å². The maximum Gasteiger partial charge on any atom is 0.165 e. The Bertz CT molecular complexity index is 98.7. The largest absolute Gasteiger partial charge is 0.297 e. The lowest BCUT2D eigenvalue weighted by molar-refractivity contribution is -0.131.